The fourth-order valence-electron chi connectivity index (χ4n) is 4.36. The zero-order valence-electron chi connectivity index (χ0n) is 19.5. The summed E-state index contributed by atoms with van der Waals surface area (Å²) in [5.74, 6) is -0.105. The minimum Gasteiger partial charge on any atom is -0.398 e. The third-order valence-corrected chi connectivity index (χ3v) is 6.20. The minimum absolute atomic E-state index is 0.105. The van der Waals surface area contributed by atoms with E-state index >= 15 is 0 Å². The van der Waals surface area contributed by atoms with Gasteiger partial charge in [-0.25, -0.2) is 0 Å². The van der Waals surface area contributed by atoms with Crippen molar-refractivity contribution in [3.8, 4) is 0 Å². The van der Waals surface area contributed by atoms with E-state index in [0.29, 0.717) is 16.9 Å². The molecule has 2 heterocycles. The predicted octanol–water partition coefficient (Wildman–Crippen LogP) is 4.29. The molecule has 6 nitrogen and oxygen atoms in total. The van der Waals surface area contributed by atoms with Crippen molar-refractivity contribution in [2.24, 2.45) is 0 Å². The molecule has 4 rings (SSSR count). The highest BCUT2D eigenvalue weighted by atomic mass is 16.1. The lowest BCUT2D eigenvalue weighted by molar-refractivity contribution is 0.0589. The molecule has 3 aromatic rings. The Kier molecular flexibility index (Phi) is 6.17. The van der Waals surface area contributed by atoms with Crippen LogP contribution in [0.25, 0.3) is 10.9 Å². The molecule has 2 aromatic carbocycles. The number of nitrogen functional groups attached to an aromatic ring is 1. The molecule has 1 aromatic heterocycles. The first-order valence-corrected chi connectivity index (χ1v) is 11.2. The summed E-state index contributed by atoms with van der Waals surface area (Å²) in [6.07, 6.45) is 0. The number of fused-ring (bicyclic) bond motifs is 1. The summed E-state index contributed by atoms with van der Waals surface area (Å²) in [4.78, 5) is 22.6. The summed E-state index contributed by atoms with van der Waals surface area (Å²) in [6, 6.07) is 15.4. The smallest absolute Gasteiger partial charge is 0.255 e. The number of aromatic nitrogens is 1. The highest BCUT2D eigenvalue weighted by Gasteiger charge is 2.26. The van der Waals surface area contributed by atoms with Gasteiger partial charge in [0.05, 0.1) is 5.52 Å². The van der Waals surface area contributed by atoms with Gasteiger partial charge >= 0.3 is 0 Å². The van der Waals surface area contributed by atoms with E-state index in [1.807, 2.05) is 49.4 Å². The number of anilines is 2. The third kappa shape index (κ3) is 4.92. The van der Waals surface area contributed by atoms with Crippen LogP contribution < -0.4 is 11.1 Å². The first-order valence-electron chi connectivity index (χ1n) is 11.2. The van der Waals surface area contributed by atoms with Crippen LogP contribution in [0.1, 0.15) is 42.4 Å². The van der Waals surface area contributed by atoms with Gasteiger partial charge in [0.1, 0.15) is 0 Å². The quantitative estimate of drug-likeness (QED) is 0.644. The molecule has 6 heteroatoms. The Bertz CT molecular complexity index is 1130. The molecule has 1 fully saturated rings. The number of nitrogens with zero attached hydrogens (tertiary/aromatic N) is 3. The summed E-state index contributed by atoms with van der Waals surface area (Å²) in [5.41, 5.74) is 11.2. The number of pyridine rings is 1. The maximum Gasteiger partial charge on any atom is 0.255 e. The van der Waals surface area contributed by atoms with Gasteiger partial charge in [-0.1, -0.05) is 18.2 Å². The summed E-state index contributed by atoms with van der Waals surface area (Å²) in [5, 5.41) is 3.89. The average Bonchev–Trinajstić information content (AvgIpc) is 2.74. The van der Waals surface area contributed by atoms with Crippen molar-refractivity contribution < 1.29 is 4.79 Å². The zero-order chi connectivity index (χ0) is 22.9. The summed E-state index contributed by atoms with van der Waals surface area (Å²) in [7, 11) is 0. The first kappa shape index (κ1) is 22.2. The molecule has 1 saturated heterocycles. The van der Waals surface area contributed by atoms with E-state index in [1.54, 1.807) is 0 Å². The van der Waals surface area contributed by atoms with Gasteiger partial charge in [-0.05, 0) is 63.6 Å². The maximum atomic E-state index is 13.2. The van der Waals surface area contributed by atoms with Crippen LogP contribution in [0.5, 0.6) is 0 Å². The topological polar surface area (TPSA) is 74.5 Å². The van der Waals surface area contributed by atoms with Crippen molar-refractivity contribution in [2.45, 2.75) is 39.8 Å². The molecular formula is C26H33N5O. The molecule has 1 aliphatic rings. The number of carbonyl (C=O) groups is 1. The van der Waals surface area contributed by atoms with Crippen LogP contribution in [0.15, 0.2) is 48.5 Å². The second-order valence-electron chi connectivity index (χ2n) is 9.63. The maximum absolute atomic E-state index is 13.2. The molecule has 0 aliphatic carbocycles. The van der Waals surface area contributed by atoms with Crippen molar-refractivity contribution in [3.63, 3.8) is 0 Å². The monoisotopic (exact) mass is 431 g/mol. The first-order chi connectivity index (χ1) is 15.2. The van der Waals surface area contributed by atoms with E-state index in [9.17, 15) is 4.79 Å². The molecule has 1 aliphatic heterocycles. The molecular weight excluding hydrogens is 398 g/mol. The summed E-state index contributed by atoms with van der Waals surface area (Å²) in [6.45, 7) is 13.6. The average molecular weight is 432 g/mol. The Balaban J connectivity index is 1.48. The lowest BCUT2D eigenvalue weighted by Gasteiger charge is -2.42. The Hall–Kier alpha value is -2.96. The number of amides is 1. The van der Waals surface area contributed by atoms with Crippen LogP contribution in [-0.2, 0) is 6.54 Å². The minimum atomic E-state index is -0.105. The van der Waals surface area contributed by atoms with E-state index in [2.05, 4.69) is 46.9 Å². The highest BCUT2D eigenvalue weighted by Crippen LogP contribution is 2.25. The standard InChI is InChI=1S/C26H33N5O/c1-18-15-23(27)22-16-20(9-10-24(22)28-18)29-25(32)21-8-6-5-7-19(21)17-30-11-13-31(14-12-30)26(2,3)4/h5-10,15-16H,11-14,17H2,1-4H3,(H2,27,28)(H,29,32). The fraction of sp³-hybridized carbons (Fsp3) is 0.385. The second kappa shape index (κ2) is 8.88. The molecule has 0 unspecified atom stereocenters. The van der Waals surface area contributed by atoms with Gasteiger partial charge in [-0.3, -0.25) is 19.6 Å². The molecule has 168 valence electrons. The number of hydrogen-bond acceptors (Lipinski definition) is 5. The van der Waals surface area contributed by atoms with Gasteiger partial charge in [-0.2, -0.15) is 0 Å². The largest absolute Gasteiger partial charge is 0.398 e. The number of nitrogens with one attached hydrogen (secondary N) is 1. The van der Waals surface area contributed by atoms with Crippen LogP contribution in [-0.4, -0.2) is 52.4 Å². The van der Waals surface area contributed by atoms with E-state index < -0.39 is 0 Å². The van der Waals surface area contributed by atoms with Gasteiger partial charge in [0.2, 0.25) is 0 Å². The number of nitrogens with two attached hydrogens (primary N) is 1. The van der Waals surface area contributed by atoms with Crippen molar-refractivity contribution in [3.05, 3.63) is 65.4 Å². The van der Waals surface area contributed by atoms with Crippen LogP contribution in [0.3, 0.4) is 0 Å². The van der Waals surface area contributed by atoms with Crippen molar-refractivity contribution in [1.29, 1.82) is 0 Å². The molecule has 0 bridgehead atoms. The molecule has 0 radical (unpaired) electrons. The normalized spacial score (nSPS) is 15.8. The summed E-state index contributed by atoms with van der Waals surface area (Å²) < 4.78 is 0. The molecule has 0 saturated carbocycles. The number of piperazine rings is 1. The van der Waals surface area contributed by atoms with Crippen LogP contribution in [0.4, 0.5) is 11.4 Å². The Labute approximate surface area is 190 Å². The van der Waals surface area contributed by atoms with Crippen molar-refractivity contribution in [1.82, 2.24) is 14.8 Å². The van der Waals surface area contributed by atoms with Gasteiger partial charge < -0.3 is 11.1 Å². The van der Waals surface area contributed by atoms with Gasteiger partial charge in [0, 0.05) is 66.3 Å². The Morgan fingerprint density at radius 3 is 2.50 bits per heavy atom. The van der Waals surface area contributed by atoms with E-state index in [1.165, 1.54) is 0 Å². The Morgan fingerprint density at radius 1 is 1.06 bits per heavy atom. The van der Waals surface area contributed by atoms with E-state index in [4.69, 9.17) is 5.73 Å². The highest BCUT2D eigenvalue weighted by molar-refractivity contribution is 6.06. The number of aryl methyl sites for hydroxylation is 1. The van der Waals surface area contributed by atoms with E-state index in [0.717, 1.165) is 54.9 Å². The van der Waals surface area contributed by atoms with Crippen LogP contribution in [0.2, 0.25) is 0 Å². The number of carbonyl (C=O) groups excluding carboxylic acids is 1. The summed E-state index contributed by atoms with van der Waals surface area (Å²) >= 11 is 0. The molecule has 1 amide bonds. The van der Waals surface area contributed by atoms with Gasteiger partial charge in [0.15, 0.2) is 0 Å². The zero-order valence-corrected chi connectivity index (χ0v) is 19.5. The number of hydrogen-bond donors (Lipinski definition) is 2. The van der Waals surface area contributed by atoms with Gasteiger partial charge in [0.25, 0.3) is 5.91 Å². The molecule has 32 heavy (non-hydrogen) atoms. The Morgan fingerprint density at radius 2 is 1.78 bits per heavy atom. The SMILES string of the molecule is Cc1cc(N)c2cc(NC(=O)c3ccccc3CN3CCN(C(C)(C)C)CC3)ccc2n1. The predicted molar refractivity (Wildman–Crippen MR) is 132 cm³/mol. The number of benzene rings is 2. The lowest BCUT2D eigenvalue weighted by atomic mass is 10.0. The van der Waals surface area contributed by atoms with Crippen molar-refractivity contribution in [2.75, 3.05) is 37.2 Å². The van der Waals surface area contributed by atoms with Crippen LogP contribution in [0, 0.1) is 6.92 Å². The molecule has 3 N–H and O–H groups in total. The second-order valence-corrected chi connectivity index (χ2v) is 9.63. The van der Waals surface area contributed by atoms with Gasteiger partial charge in [-0.15, -0.1) is 0 Å². The number of rotatable bonds is 4. The third-order valence-electron chi connectivity index (χ3n) is 6.20. The lowest BCUT2D eigenvalue weighted by Crippen LogP contribution is -2.53. The molecule has 0 atom stereocenters. The fourth-order valence-corrected chi connectivity index (χ4v) is 4.36. The van der Waals surface area contributed by atoms with Crippen LogP contribution >= 0.6 is 0 Å². The van der Waals surface area contributed by atoms with Crippen molar-refractivity contribution >= 4 is 28.2 Å². The van der Waals surface area contributed by atoms with E-state index in [-0.39, 0.29) is 11.4 Å². The molecule has 0 spiro atoms.